The van der Waals surface area contributed by atoms with Gasteiger partial charge in [-0.05, 0) is 42.2 Å². The number of hydrogen-bond donors (Lipinski definition) is 2. The van der Waals surface area contributed by atoms with E-state index in [-0.39, 0.29) is 18.1 Å². The first-order valence-corrected chi connectivity index (χ1v) is 10.2. The summed E-state index contributed by atoms with van der Waals surface area (Å²) in [7, 11) is 0. The number of aliphatic hydroxyl groups is 1. The molecule has 4 nitrogen and oxygen atoms in total. The van der Waals surface area contributed by atoms with Gasteiger partial charge in [-0.3, -0.25) is 9.69 Å². The Hall–Kier alpha value is -1.04. The summed E-state index contributed by atoms with van der Waals surface area (Å²) in [6, 6.07) is 10.6. The van der Waals surface area contributed by atoms with E-state index in [9.17, 15) is 9.90 Å². The summed E-state index contributed by atoms with van der Waals surface area (Å²) in [4.78, 5) is 14.5. The van der Waals surface area contributed by atoms with E-state index in [0.29, 0.717) is 25.4 Å². The summed E-state index contributed by atoms with van der Waals surface area (Å²) in [5, 5.41) is 13.1. The standard InChI is InChI=1S/C19H28N2O2S/c22-18-11-17(21(14-18)13-16-4-2-1-3-5-16)12-20-19(23)10-15-6-8-24-9-7-15/h1-5,15,17-18,22H,6-14H2,(H,20,23). The van der Waals surface area contributed by atoms with Crippen LogP contribution in [0.25, 0.3) is 0 Å². The molecular formula is C19H28N2O2S. The zero-order chi connectivity index (χ0) is 16.8. The predicted molar refractivity (Wildman–Crippen MR) is 98.9 cm³/mol. The number of amides is 1. The fourth-order valence-electron chi connectivity index (χ4n) is 3.70. The van der Waals surface area contributed by atoms with E-state index in [1.807, 2.05) is 30.0 Å². The van der Waals surface area contributed by atoms with Crippen molar-refractivity contribution < 1.29 is 9.90 Å². The summed E-state index contributed by atoms with van der Waals surface area (Å²) >= 11 is 1.99. The lowest BCUT2D eigenvalue weighted by molar-refractivity contribution is -0.122. The Morgan fingerprint density at radius 1 is 1.25 bits per heavy atom. The zero-order valence-corrected chi connectivity index (χ0v) is 15.0. The van der Waals surface area contributed by atoms with E-state index >= 15 is 0 Å². The van der Waals surface area contributed by atoms with Crippen molar-refractivity contribution in [1.29, 1.82) is 0 Å². The molecule has 0 saturated carbocycles. The minimum Gasteiger partial charge on any atom is -0.392 e. The van der Waals surface area contributed by atoms with Crippen LogP contribution in [0.4, 0.5) is 0 Å². The van der Waals surface area contributed by atoms with Crippen molar-refractivity contribution in [2.75, 3.05) is 24.6 Å². The second-order valence-electron chi connectivity index (χ2n) is 7.02. The normalized spacial score (nSPS) is 25.7. The molecule has 2 saturated heterocycles. The van der Waals surface area contributed by atoms with Crippen LogP contribution in [0.2, 0.25) is 0 Å². The molecule has 2 aliphatic heterocycles. The third-order valence-electron chi connectivity index (χ3n) is 5.08. The maximum Gasteiger partial charge on any atom is 0.220 e. The molecule has 2 fully saturated rings. The summed E-state index contributed by atoms with van der Waals surface area (Å²) < 4.78 is 0. The molecule has 24 heavy (non-hydrogen) atoms. The highest BCUT2D eigenvalue weighted by Gasteiger charge is 2.31. The minimum absolute atomic E-state index is 0.174. The third-order valence-corrected chi connectivity index (χ3v) is 6.13. The van der Waals surface area contributed by atoms with Crippen LogP contribution in [0.1, 0.15) is 31.2 Å². The number of benzene rings is 1. The van der Waals surface area contributed by atoms with E-state index in [1.54, 1.807) is 0 Å². The number of β-amino-alcohol motifs (C(OH)–C–C–N with tert-alkyl or cyclic N) is 1. The van der Waals surface area contributed by atoms with Gasteiger partial charge in [-0.25, -0.2) is 0 Å². The first-order chi connectivity index (χ1) is 11.7. The molecule has 2 atom stereocenters. The van der Waals surface area contributed by atoms with Crippen LogP contribution in [0.15, 0.2) is 30.3 Å². The fourth-order valence-corrected chi connectivity index (χ4v) is 4.90. The van der Waals surface area contributed by atoms with Crippen LogP contribution in [0, 0.1) is 5.92 Å². The molecule has 2 aliphatic rings. The second kappa shape index (κ2) is 8.88. The molecule has 0 aliphatic carbocycles. The van der Waals surface area contributed by atoms with Crippen LogP contribution in [0.3, 0.4) is 0 Å². The number of thioether (sulfide) groups is 1. The smallest absolute Gasteiger partial charge is 0.220 e. The number of aliphatic hydroxyl groups excluding tert-OH is 1. The number of carbonyl (C=O) groups excluding carboxylic acids is 1. The maximum absolute atomic E-state index is 12.2. The van der Waals surface area contributed by atoms with E-state index < -0.39 is 0 Å². The van der Waals surface area contributed by atoms with Crippen LogP contribution in [0.5, 0.6) is 0 Å². The molecule has 0 aromatic heterocycles. The Labute approximate surface area is 149 Å². The first kappa shape index (κ1) is 17.8. The van der Waals surface area contributed by atoms with Crippen molar-refractivity contribution in [3.05, 3.63) is 35.9 Å². The van der Waals surface area contributed by atoms with Gasteiger partial charge in [0, 0.05) is 32.1 Å². The predicted octanol–water partition coefficient (Wildman–Crippen LogP) is 2.27. The molecule has 1 amide bonds. The molecule has 0 radical (unpaired) electrons. The Morgan fingerprint density at radius 2 is 2.00 bits per heavy atom. The van der Waals surface area contributed by atoms with Crippen molar-refractivity contribution in [3.63, 3.8) is 0 Å². The van der Waals surface area contributed by atoms with Crippen LogP contribution in [-0.4, -0.2) is 52.7 Å². The summed E-state index contributed by atoms with van der Waals surface area (Å²) in [6.07, 6.45) is 3.45. The molecule has 5 heteroatoms. The third kappa shape index (κ3) is 5.23. The molecule has 2 heterocycles. The summed E-state index contributed by atoms with van der Waals surface area (Å²) in [5.41, 5.74) is 1.25. The van der Waals surface area contributed by atoms with Crippen LogP contribution >= 0.6 is 11.8 Å². The van der Waals surface area contributed by atoms with Crippen molar-refractivity contribution in [3.8, 4) is 0 Å². The lowest BCUT2D eigenvalue weighted by Crippen LogP contribution is -2.40. The summed E-state index contributed by atoms with van der Waals surface area (Å²) in [6.45, 7) is 2.16. The molecule has 1 aromatic carbocycles. The highest BCUT2D eigenvalue weighted by molar-refractivity contribution is 7.99. The SMILES string of the molecule is O=C(CC1CCSCC1)NCC1CC(O)CN1Cc1ccccc1. The van der Waals surface area contributed by atoms with Crippen molar-refractivity contribution >= 4 is 17.7 Å². The lowest BCUT2D eigenvalue weighted by Gasteiger charge is -2.25. The van der Waals surface area contributed by atoms with Gasteiger partial charge < -0.3 is 10.4 Å². The van der Waals surface area contributed by atoms with E-state index in [2.05, 4.69) is 22.3 Å². The number of nitrogens with zero attached hydrogens (tertiary/aromatic N) is 1. The Balaban J connectivity index is 1.46. The molecule has 1 aromatic rings. The van der Waals surface area contributed by atoms with Gasteiger partial charge >= 0.3 is 0 Å². The average Bonchev–Trinajstić information content (AvgIpc) is 2.94. The largest absolute Gasteiger partial charge is 0.392 e. The Morgan fingerprint density at radius 3 is 2.75 bits per heavy atom. The zero-order valence-electron chi connectivity index (χ0n) is 14.2. The molecule has 2 unspecified atom stereocenters. The summed E-state index contributed by atoms with van der Waals surface area (Å²) in [5.74, 6) is 3.11. The van der Waals surface area contributed by atoms with Crippen LogP contribution in [-0.2, 0) is 11.3 Å². The van der Waals surface area contributed by atoms with Gasteiger partial charge in [-0.1, -0.05) is 30.3 Å². The maximum atomic E-state index is 12.2. The monoisotopic (exact) mass is 348 g/mol. The topological polar surface area (TPSA) is 52.6 Å². The Bertz CT molecular complexity index is 519. The van der Waals surface area contributed by atoms with Crippen molar-refractivity contribution in [2.24, 2.45) is 5.92 Å². The van der Waals surface area contributed by atoms with E-state index in [4.69, 9.17) is 0 Å². The second-order valence-corrected chi connectivity index (χ2v) is 8.25. The fraction of sp³-hybridized carbons (Fsp3) is 0.632. The lowest BCUT2D eigenvalue weighted by atomic mass is 9.98. The van der Waals surface area contributed by atoms with E-state index in [1.165, 1.54) is 29.9 Å². The first-order valence-electron chi connectivity index (χ1n) is 9.01. The van der Waals surface area contributed by atoms with Crippen LogP contribution < -0.4 is 5.32 Å². The van der Waals surface area contributed by atoms with Gasteiger partial charge in [-0.2, -0.15) is 11.8 Å². The molecule has 0 bridgehead atoms. The van der Waals surface area contributed by atoms with Gasteiger partial charge in [0.2, 0.25) is 5.91 Å². The highest BCUT2D eigenvalue weighted by atomic mass is 32.2. The molecule has 3 rings (SSSR count). The molecule has 0 spiro atoms. The highest BCUT2D eigenvalue weighted by Crippen LogP contribution is 2.25. The number of carbonyl (C=O) groups is 1. The van der Waals surface area contributed by atoms with E-state index in [0.717, 1.165) is 13.0 Å². The average molecular weight is 349 g/mol. The Kier molecular flexibility index (Phi) is 6.58. The van der Waals surface area contributed by atoms with Gasteiger partial charge in [0.1, 0.15) is 0 Å². The number of hydrogen-bond acceptors (Lipinski definition) is 4. The van der Waals surface area contributed by atoms with Gasteiger partial charge in [0.25, 0.3) is 0 Å². The molecular weight excluding hydrogens is 320 g/mol. The van der Waals surface area contributed by atoms with Gasteiger partial charge in [0.15, 0.2) is 0 Å². The number of nitrogens with one attached hydrogen (secondary N) is 1. The van der Waals surface area contributed by atoms with Crippen molar-refractivity contribution in [1.82, 2.24) is 10.2 Å². The molecule has 2 N–H and O–H groups in total. The molecule has 132 valence electrons. The number of likely N-dealkylation sites (tertiary alicyclic amines) is 1. The van der Waals surface area contributed by atoms with Crippen molar-refractivity contribution in [2.45, 2.75) is 44.4 Å². The van der Waals surface area contributed by atoms with Gasteiger partial charge in [-0.15, -0.1) is 0 Å². The quantitative estimate of drug-likeness (QED) is 0.828. The van der Waals surface area contributed by atoms with Gasteiger partial charge in [0.05, 0.1) is 6.10 Å². The minimum atomic E-state index is -0.286. The number of rotatable bonds is 6.